The van der Waals surface area contributed by atoms with Gasteiger partial charge < -0.3 is 10.4 Å². The number of aliphatic hydroxyl groups is 1. The number of rotatable bonds is 4. The van der Waals surface area contributed by atoms with E-state index in [1.54, 1.807) is 11.3 Å². The van der Waals surface area contributed by atoms with Crippen LogP contribution in [0.4, 0.5) is 0 Å². The topological polar surface area (TPSA) is 65.5 Å². The average molecular weight is 352 g/mol. The minimum atomic E-state index is -0.476. The van der Waals surface area contributed by atoms with Crippen LogP contribution in [0.5, 0.6) is 0 Å². The van der Waals surface area contributed by atoms with E-state index in [9.17, 15) is 9.90 Å². The molecule has 0 saturated carbocycles. The minimum Gasteiger partial charge on any atom is -0.392 e. The number of aliphatic hydroxyl groups excluding tert-OH is 1. The quantitative estimate of drug-likeness (QED) is 0.830. The molecular weight excluding hydrogens is 334 g/mol. The number of amides is 1. The van der Waals surface area contributed by atoms with Crippen LogP contribution in [-0.2, 0) is 11.3 Å². The lowest BCUT2D eigenvalue weighted by atomic mass is 10.1. The first-order valence-electron chi connectivity index (χ1n) is 7.42. The average Bonchev–Trinajstić information content (AvgIpc) is 3.16. The van der Waals surface area contributed by atoms with Gasteiger partial charge in [-0.15, -0.1) is 11.3 Å². The molecule has 122 valence electrons. The molecule has 1 fully saturated rings. The fraction of sp³-hybridized carbons (Fsp3) is 0.375. The maximum absolute atomic E-state index is 12.2. The zero-order valence-electron chi connectivity index (χ0n) is 12.7. The highest BCUT2D eigenvalue weighted by Crippen LogP contribution is 2.27. The van der Waals surface area contributed by atoms with Crippen molar-refractivity contribution in [2.24, 2.45) is 0 Å². The summed E-state index contributed by atoms with van der Waals surface area (Å²) in [6, 6.07) is 7.56. The summed E-state index contributed by atoms with van der Waals surface area (Å²) < 4.78 is 1.18. The van der Waals surface area contributed by atoms with E-state index in [2.05, 4.69) is 10.3 Å². The van der Waals surface area contributed by atoms with Crippen LogP contribution in [0.3, 0.4) is 0 Å². The van der Waals surface area contributed by atoms with Crippen LogP contribution in [0.25, 0.3) is 10.4 Å². The molecule has 1 aromatic carbocycles. The molecule has 23 heavy (non-hydrogen) atoms. The first-order valence-corrected chi connectivity index (χ1v) is 8.64. The predicted molar refractivity (Wildman–Crippen MR) is 91.1 cm³/mol. The number of nitrogens with one attached hydrogen (secondary N) is 1. The maximum atomic E-state index is 12.2. The second kappa shape index (κ2) is 6.97. The van der Waals surface area contributed by atoms with Crippen LogP contribution >= 0.6 is 23.1 Å². The van der Waals surface area contributed by atoms with Gasteiger partial charge in [-0.25, -0.2) is 9.40 Å². The molecule has 0 aliphatic carbocycles. The van der Waals surface area contributed by atoms with E-state index in [0.29, 0.717) is 19.5 Å². The van der Waals surface area contributed by atoms with Gasteiger partial charge in [-0.3, -0.25) is 4.79 Å². The third kappa shape index (κ3) is 3.72. The van der Waals surface area contributed by atoms with E-state index < -0.39 is 12.1 Å². The van der Waals surface area contributed by atoms with Crippen LogP contribution in [-0.4, -0.2) is 39.1 Å². The Kier molecular flexibility index (Phi) is 4.96. The first kappa shape index (κ1) is 16.4. The lowest BCUT2D eigenvalue weighted by Crippen LogP contribution is -2.38. The summed E-state index contributed by atoms with van der Waals surface area (Å²) in [6.07, 6.45) is -0.0676. The van der Waals surface area contributed by atoms with E-state index in [1.165, 1.54) is 4.42 Å². The van der Waals surface area contributed by atoms with Gasteiger partial charge >= 0.3 is 0 Å². The van der Waals surface area contributed by atoms with Crippen LogP contribution in [0.1, 0.15) is 17.7 Å². The molecule has 0 bridgehead atoms. The van der Waals surface area contributed by atoms with Crippen molar-refractivity contribution in [3.8, 4) is 10.4 Å². The molecule has 2 heterocycles. The van der Waals surface area contributed by atoms with Crippen molar-refractivity contribution in [2.75, 3.05) is 6.54 Å². The van der Waals surface area contributed by atoms with Crippen LogP contribution < -0.4 is 5.32 Å². The molecule has 5 nitrogen and oxygen atoms in total. The van der Waals surface area contributed by atoms with Crippen molar-refractivity contribution in [3.63, 3.8) is 0 Å². The monoisotopic (exact) mass is 351 g/mol. The Balaban J connectivity index is 1.64. The van der Waals surface area contributed by atoms with Gasteiger partial charge in [-0.2, -0.15) is 0 Å². The molecule has 2 atom stereocenters. The zero-order chi connectivity index (χ0) is 16.4. The molecule has 7 heteroatoms. The highest BCUT2D eigenvalue weighted by molar-refractivity contribution is 7.13. The number of halogens is 1. The van der Waals surface area contributed by atoms with Gasteiger partial charge in [0.1, 0.15) is 0 Å². The Morgan fingerprint density at radius 2 is 2.22 bits per heavy atom. The number of aromatic nitrogens is 1. The zero-order valence-corrected chi connectivity index (χ0v) is 14.3. The predicted octanol–water partition coefficient (Wildman–Crippen LogP) is 2.32. The van der Waals surface area contributed by atoms with Crippen molar-refractivity contribution < 1.29 is 9.90 Å². The van der Waals surface area contributed by atoms with Crippen molar-refractivity contribution in [1.82, 2.24) is 14.7 Å². The third-order valence-electron chi connectivity index (χ3n) is 3.93. The summed E-state index contributed by atoms with van der Waals surface area (Å²) in [4.78, 5) is 17.6. The SMILES string of the molecule is Cc1ncsc1-c1ccc(CN(Cl)C(=O)[C@@H]2C[C@@H](O)CN2)cc1. The van der Waals surface area contributed by atoms with Gasteiger partial charge in [0.2, 0.25) is 0 Å². The lowest BCUT2D eigenvalue weighted by Gasteiger charge is -2.18. The molecule has 2 aromatic rings. The number of benzene rings is 1. The van der Waals surface area contributed by atoms with E-state index in [-0.39, 0.29) is 5.91 Å². The number of β-amino-alcohol motifs (C(OH)–C–C–N with tert-alkyl or cyclic N) is 1. The smallest absolute Gasteiger partial charge is 0.254 e. The Hall–Kier alpha value is -1.47. The molecule has 1 aliphatic rings. The maximum Gasteiger partial charge on any atom is 0.254 e. The van der Waals surface area contributed by atoms with Crippen molar-refractivity contribution in [2.45, 2.75) is 32.0 Å². The van der Waals surface area contributed by atoms with Crippen LogP contribution in [0, 0.1) is 6.92 Å². The molecule has 1 aromatic heterocycles. The van der Waals surface area contributed by atoms with Gasteiger partial charge in [0.05, 0.1) is 34.8 Å². The van der Waals surface area contributed by atoms with Gasteiger partial charge in [0.15, 0.2) is 0 Å². The molecule has 1 amide bonds. The van der Waals surface area contributed by atoms with Gasteiger partial charge in [0, 0.05) is 18.3 Å². The molecule has 0 radical (unpaired) electrons. The van der Waals surface area contributed by atoms with Crippen molar-refractivity contribution in [1.29, 1.82) is 0 Å². The third-order valence-corrected chi connectivity index (χ3v) is 5.19. The normalized spacial score (nSPS) is 20.7. The number of carbonyl (C=O) groups excluding carboxylic acids is 1. The summed E-state index contributed by atoms with van der Waals surface area (Å²) in [7, 11) is 0. The highest BCUT2D eigenvalue weighted by Gasteiger charge is 2.30. The number of aryl methyl sites for hydroxylation is 1. The Labute approximate surface area is 144 Å². The summed E-state index contributed by atoms with van der Waals surface area (Å²) in [5.74, 6) is -0.203. The fourth-order valence-corrected chi connectivity index (χ4v) is 3.72. The second-order valence-electron chi connectivity index (χ2n) is 5.67. The summed E-state index contributed by atoms with van der Waals surface area (Å²) in [5, 5.41) is 12.5. The summed E-state index contributed by atoms with van der Waals surface area (Å²) in [5.41, 5.74) is 4.92. The van der Waals surface area contributed by atoms with E-state index in [0.717, 1.165) is 21.7 Å². The van der Waals surface area contributed by atoms with E-state index >= 15 is 0 Å². The van der Waals surface area contributed by atoms with Crippen molar-refractivity contribution >= 4 is 29.0 Å². The number of hydrogen-bond donors (Lipinski definition) is 2. The summed E-state index contributed by atoms with van der Waals surface area (Å²) in [6.45, 7) is 2.75. The van der Waals surface area contributed by atoms with Gasteiger partial charge in [0.25, 0.3) is 5.91 Å². The number of thiazole rings is 1. The molecule has 0 spiro atoms. The Morgan fingerprint density at radius 1 is 1.48 bits per heavy atom. The van der Waals surface area contributed by atoms with Gasteiger partial charge in [-0.1, -0.05) is 24.3 Å². The fourth-order valence-electron chi connectivity index (χ4n) is 2.65. The number of carbonyl (C=O) groups is 1. The molecule has 1 saturated heterocycles. The standard InChI is InChI=1S/C16H18ClN3O2S/c1-10-15(23-9-19-10)12-4-2-11(3-5-12)8-20(17)16(22)14-6-13(21)7-18-14/h2-5,9,13-14,18,21H,6-8H2,1H3/t13-,14+/m1/s1. The lowest BCUT2D eigenvalue weighted by molar-refractivity contribution is -0.128. The Bertz CT molecular complexity index is 689. The highest BCUT2D eigenvalue weighted by atomic mass is 35.5. The molecular formula is C16H18ClN3O2S. The van der Waals surface area contributed by atoms with Crippen LogP contribution in [0.15, 0.2) is 29.8 Å². The number of nitrogens with zero attached hydrogens (tertiary/aromatic N) is 2. The molecule has 1 aliphatic heterocycles. The Morgan fingerprint density at radius 3 is 2.78 bits per heavy atom. The largest absolute Gasteiger partial charge is 0.392 e. The molecule has 3 rings (SSSR count). The first-order chi connectivity index (χ1) is 11.0. The van der Waals surface area contributed by atoms with Crippen LogP contribution in [0.2, 0.25) is 0 Å². The number of hydrogen-bond acceptors (Lipinski definition) is 5. The molecule has 2 N–H and O–H groups in total. The second-order valence-corrected chi connectivity index (χ2v) is 6.94. The van der Waals surface area contributed by atoms with E-state index in [1.807, 2.05) is 36.7 Å². The summed E-state index contributed by atoms with van der Waals surface area (Å²) >= 11 is 7.72. The van der Waals surface area contributed by atoms with Gasteiger partial charge in [-0.05, 0) is 24.5 Å². The van der Waals surface area contributed by atoms with Crippen molar-refractivity contribution in [3.05, 3.63) is 41.0 Å². The van der Waals surface area contributed by atoms with E-state index in [4.69, 9.17) is 11.8 Å². The molecule has 0 unspecified atom stereocenters. The minimum absolute atomic E-state index is 0.203.